The van der Waals surface area contributed by atoms with Gasteiger partial charge in [-0.15, -0.1) is 0 Å². The van der Waals surface area contributed by atoms with Crippen LogP contribution in [0.2, 0.25) is 0 Å². The molecule has 1 heterocycles. The summed E-state index contributed by atoms with van der Waals surface area (Å²) in [4.78, 5) is 7.84. The van der Waals surface area contributed by atoms with Crippen LogP contribution in [0.3, 0.4) is 0 Å². The molecule has 0 atom stereocenters. The van der Waals surface area contributed by atoms with Crippen molar-refractivity contribution in [1.82, 2.24) is 9.97 Å². The molecule has 0 aromatic carbocycles. The summed E-state index contributed by atoms with van der Waals surface area (Å²) in [5.74, 6) is 1.41. The van der Waals surface area contributed by atoms with E-state index in [0.29, 0.717) is 5.75 Å². The van der Waals surface area contributed by atoms with Crippen LogP contribution in [0.15, 0.2) is 24.9 Å². The maximum Gasteiger partial charge on any atom is 0.166 e. The van der Waals surface area contributed by atoms with E-state index in [1.54, 1.807) is 6.20 Å². The number of ether oxygens (including phenoxy) is 1. The summed E-state index contributed by atoms with van der Waals surface area (Å²) >= 11 is 0. The fourth-order valence-corrected chi connectivity index (χ4v) is 0.706. The zero-order valence-corrected chi connectivity index (χ0v) is 7.37. The lowest BCUT2D eigenvalue weighted by Crippen LogP contribution is -1.96. The molecule has 0 bridgehead atoms. The van der Waals surface area contributed by atoms with Crippen LogP contribution in [0.4, 0.5) is 0 Å². The minimum Gasteiger partial charge on any atom is -0.459 e. The molecule has 64 valence electrons. The summed E-state index contributed by atoms with van der Waals surface area (Å²) in [5.41, 5.74) is 0.833. The highest BCUT2D eigenvalue weighted by molar-refractivity contribution is 5.23. The quantitative estimate of drug-likeness (QED) is 0.641. The molecule has 0 radical (unpaired) electrons. The van der Waals surface area contributed by atoms with E-state index in [-0.39, 0.29) is 0 Å². The molecule has 0 aliphatic carbocycles. The number of rotatable bonds is 3. The summed E-state index contributed by atoms with van der Waals surface area (Å²) in [5, 5.41) is 0. The average Bonchev–Trinajstić information content (AvgIpc) is 2.09. The first-order valence-corrected chi connectivity index (χ1v) is 3.86. The predicted octanol–water partition coefficient (Wildman–Crippen LogP) is 2.09. The van der Waals surface area contributed by atoms with Gasteiger partial charge in [0, 0.05) is 6.42 Å². The predicted molar refractivity (Wildman–Crippen MR) is 46.8 cm³/mol. The molecule has 0 aliphatic heterocycles. The molecule has 1 rings (SSSR count). The van der Waals surface area contributed by atoms with Crippen LogP contribution in [0.25, 0.3) is 0 Å². The van der Waals surface area contributed by atoms with E-state index < -0.39 is 0 Å². The van der Waals surface area contributed by atoms with Crippen molar-refractivity contribution in [1.29, 1.82) is 0 Å². The van der Waals surface area contributed by atoms with Crippen LogP contribution in [-0.2, 0) is 0 Å². The van der Waals surface area contributed by atoms with Crippen molar-refractivity contribution in [2.45, 2.75) is 20.3 Å². The van der Waals surface area contributed by atoms with Crippen molar-refractivity contribution >= 4 is 0 Å². The van der Waals surface area contributed by atoms with Crippen molar-refractivity contribution in [3.63, 3.8) is 0 Å². The first kappa shape index (κ1) is 8.71. The van der Waals surface area contributed by atoms with Crippen molar-refractivity contribution in [2.75, 3.05) is 0 Å². The number of allylic oxidation sites excluding steroid dienone is 1. The van der Waals surface area contributed by atoms with E-state index in [0.717, 1.165) is 17.9 Å². The van der Waals surface area contributed by atoms with E-state index in [1.807, 2.05) is 13.8 Å². The van der Waals surface area contributed by atoms with E-state index in [2.05, 4.69) is 16.5 Å². The number of aryl methyl sites for hydroxylation is 1. The smallest absolute Gasteiger partial charge is 0.166 e. The third-order valence-corrected chi connectivity index (χ3v) is 1.52. The Hall–Kier alpha value is -1.38. The van der Waals surface area contributed by atoms with Gasteiger partial charge in [-0.3, -0.25) is 0 Å². The zero-order chi connectivity index (χ0) is 8.97. The standard InChI is InChI=1S/C9H12N2O/c1-4-7(2)12-9-5-10-6-11-8(9)3/h5-6H,2,4H2,1,3H3. The molecule has 0 aliphatic rings. The van der Waals surface area contributed by atoms with Crippen molar-refractivity contribution in [3.05, 3.63) is 30.6 Å². The Bertz CT molecular complexity index is 284. The molecule has 1 aromatic heterocycles. The molecule has 0 amide bonds. The highest BCUT2D eigenvalue weighted by Gasteiger charge is 2.00. The summed E-state index contributed by atoms with van der Waals surface area (Å²) in [6.07, 6.45) is 3.94. The van der Waals surface area contributed by atoms with Gasteiger partial charge >= 0.3 is 0 Å². The minimum absolute atomic E-state index is 0.685. The Morgan fingerprint density at radius 2 is 2.42 bits per heavy atom. The fourth-order valence-electron chi connectivity index (χ4n) is 0.706. The molecule has 3 nitrogen and oxygen atoms in total. The second kappa shape index (κ2) is 3.85. The van der Waals surface area contributed by atoms with Crippen LogP contribution in [-0.4, -0.2) is 9.97 Å². The Morgan fingerprint density at radius 1 is 1.67 bits per heavy atom. The second-order valence-corrected chi connectivity index (χ2v) is 2.47. The largest absolute Gasteiger partial charge is 0.459 e. The van der Waals surface area contributed by atoms with Gasteiger partial charge in [0.15, 0.2) is 5.75 Å². The van der Waals surface area contributed by atoms with Gasteiger partial charge in [0.2, 0.25) is 0 Å². The summed E-state index contributed by atoms with van der Waals surface area (Å²) in [6.45, 7) is 7.59. The SMILES string of the molecule is C=C(CC)Oc1cncnc1C. The number of nitrogens with zero attached hydrogens (tertiary/aromatic N) is 2. The highest BCUT2D eigenvalue weighted by atomic mass is 16.5. The van der Waals surface area contributed by atoms with Gasteiger partial charge < -0.3 is 4.74 Å². The van der Waals surface area contributed by atoms with Gasteiger partial charge in [0.05, 0.1) is 17.6 Å². The minimum atomic E-state index is 0.685. The first-order valence-electron chi connectivity index (χ1n) is 3.86. The zero-order valence-electron chi connectivity index (χ0n) is 7.37. The maximum absolute atomic E-state index is 5.37. The van der Waals surface area contributed by atoms with Crippen LogP contribution in [0.1, 0.15) is 19.0 Å². The number of aromatic nitrogens is 2. The lowest BCUT2D eigenvalue weighted by Gasteiger charge is -2.06. The van der Waals surface area contributed by atoms with Crippen LogP contribution in [0.5, 0.6) is 5.75 Å². The van der Waals surface area contributed by atoms with Gasteiger partial charge in [-0.1, -0.05) is 13.5 Å². The molecule has 0 spiro atoms. The van der Waals surface area contributed by atoms with Crippen molar-refractivity contribution in [3.8, 4) is 5.75 Å². The molecule has 0 saturated carbocycles. The molecular weight excluding hydrogens is 152 g/mol. The molecule has 3 heteroatoms. The molecule has 12 heavy (non-hydrogen) atoms. The average molecular weight is 164 g/mol. The topological polar surface area (TPSA) is 35.0 Å². The molecule has 0 fully saturated rings. The van der Waals surface area contributed by atoms with E-state index in [4.69, 9.17) is 4.74 Å². The summed E-state index contributed by atoms with van der Waals surface area (Å²) in [7, 11) is 0. The molecule has 1 aromatic rings. The van der Waals surface area contributed by atoms with Gasteiger partial charge in [-0.05, 0) is 6.92 Å². The Morgan fingerprint density at radius 3 is 3.00 bits per heavy atom. The molecule has 0 saturated heterocycles. The third kappa shape index (κ3) is 2.05. The van der Waals surface area contributed by atoms with E-state index >= 15 is 0 Å². The number of hydrogen-bond acceptors (Lipinski definition) is 3. The van der Waals surface area contributed by atoms with E-state index in [1.165, 1.54) is 6.33 Å². The highest BCUT2D eigenvalue weighted by Crippen LogP contribution is 2.15. The first-order chi connectivity index (χ1) is 5.74. The van der Waals surface area contributed by atoms with Gasteiger partial charge in [0.25, 0.3) is 0 Å². The Balaban J connectivity index is 2.75. The molecule has 0 N–H and O–H groups in total. The second-order valence-electron chi connectivity index (χ2n) is 2.47. The third-order valence-electron chi connectivity index (χ3n) is 1.52. The van der Waals surface area contributed by atoms with Gasteiger partial charge in [0.1, 0.15) is 6.33 Å². The fraction of sp³-hybridized carbons (Fsp3) is 0.333. The summed E-state index contributed by atoms with van der Waals surface area (Å²) < 4.78 is 5.37. The van der Waals surface area contributed by atoms with Crippen molar-refractivity contribution in [2.24, 2.45) is 0 Å². The van der Waals surface area contributed by atoms with Crippen LogP contribution < -0.4 is 4.74 Å². The van der Waals surface area contributed by atoms with Crippen LogP contribution in [0, 0.1) is 6.92 Å². The lowest BCUT2D eigenvalue weighted by atomic mass is 10.4. The normalized spacial score (nSPS) is 9.50. The van der Waals surface area contributed by atoms with Gasteiger partial charge in [-0.2, -0.15) is 0 Å². The van der Waals surface area contributed by atoms with Gasteiger partial charge in [-0.25, -0.2) is 9.97 Å². The Labute approximate surface area is 72.1 Å². The molecule has 0 unspecified atom stereocenters. The molecular formula is C9H12N2O. The summed E-state index contributed by atoms with van der Waals surface area (Å²) in [6, 6.07) is 0. The lowest BCUT2D eigenvalue weighted by molar-refractivity contribution is 0.405. The van der Waals surface area contributed by atoms with Crippen LogP contribution >= 0.6 is 0 Å². The maximum atomic E-state index is 5.37. The van der Waals surface area contributed by atoms with E-state index in [9.17, 15) is 0 Å². The number of hydrogen-bond donors (Lipinski definition) is 0. The monoisotopic (exact) mass is 164 g/mol. The van der Waals surface area contributed by atoms with Crippen molar-refractivity contribution < 1.29 is 4.74 Å². The Kier molecular flexibility index (Phi) is 2.80.